The van der Waals surface area contributed by atoms with Crippen LogP contribution in [-0.4, -0.2) is 20.0 Å². The lowest BCUT2D eigenvalue weighted by Gasteiger charge is -1.95. The highest BCUT2D eigenvalue weighted by molar-refractivity contribution is 5.67. The summed E-state index contributed by atoms with van der Waals surface area (Å²) in [6, 6.07) is 12.2. The molecular weight excluding hydrogens is 212 g/mol. The molecule has 0 atom stereocenters. The van der Waals surface area contributed by atoms with E-state index in [1.165, 1.54) is 0 Å². The number of H-pyrrole nitrogens is 1. The van der Waals surface area contributed by atoms with Gasteiger partial charge in [0.05, 0.1) is 17.6 Å². The largest absolute Gasteiger partial charge is 0.285 e. The van der Waals surface area contributed by atoms with Gasteiger partial charge in [-0.05, 0) is 6.07 Å². The smallest absolute Gasteiger partial charge is 0.0929 e. The first kappa shape index (κ1) is 9.84. The molecule has 1 N–H and O–H groups in total. The number of nitrogens with zero attached hydrogens (tertiary/aromatic N) is 3. The lowest BCUT2D eigenvalue weighted by Crippen LogP contribution is -1.92. The quantitative estimate of drug-likeness (QED) is 0.726. The number of aryl methyl sites for hydroxylation is 1. The SMILES string of the molecule is Cn1nc(-c2ccccc2)cc1-c1cn[nH]c1. The highest BCUT2D eigenvalue weighted by atomic mass is 15.3. The van der Waals surface area contributed by atoms with E-state index in [0.29, 0.717) is 0 Å². The van der Waals surface area contributed by atoms with Gasteiger partial charge in [-0.1, -0.05) is 30.3 Å². The lowest BCUT2D eigenvalue weighted by molar-refractivity contribution is 0.779. The molecule has 4 heteroatoms. The molecule has 2 heterocycles. The Balaban J connectivity index is 2.08. The molecule has 17 heavy (non-hydrogen) atoms. The van der Waals surface area contributed by atoms with E-state index in [1.54, 1.807) is 6.20 Å². The summed E-state index contributed by atoms with van der Waals surface area (Å²) in [6.07, 6.45) is 3.66. The standard InChI is InChI=1S/C13H12N4/c1-17-13(11-8-14-15-9-11)7-12(16-17)10-5-3-2-4-6-10/h2-9H,1H3,(H,14,15). The van der Waals surface area contributed by atoms with E-state index in [1.807, 2.05) is 36.1 Å². The minimum atomic E-state index is 0.976. The van der Waals surface area contributed by atoms with Gasteiger partial charge in [-0.25, -0.2) is 0 Å². The fraction of sp³-hybridized carbons (Fsp3) is 0.0769. The molecule has 0 amide bonds. The van der Waals surface area contributed by atoms with Gasteiger partial charge < -0.3 is 0 Å². The molecule has 1 aromatic carbocycles. The Morgan fingerprint density at radius 2 is 1.94 bits per heavy atom. The van der Waals surface area contributed by atoms with Crippen LogP contribution in [0, 0.1) is 0 Å². The molecule has 3 rings (SSSR count). The van der Waals surface area contributed by atoms with Crippen LogP contribution < -0.4 is 0 Å². The van der Waals surface area contributed by atoms with Crippen LogP contribution in [0.3, 0.4) is 0 Å². The molecule has 0 saturated carbocycles. The summed E-state index contributed by atoms with van der Waals surface area (Å²) in [4.78, 5) is 0. The third-order valence-electron chi connectivity index (χ3n) is 2.74. The van der Waals surface area contributed by atoms with Crippen LogP contribution in [-0.2, 0) is 7.05 Å². The first-order valence-electron chi connectivity index (χ1n) is 5.43. The summed E-state index contributed by atoms with van der Waals surface area (Å²) in [5, 5.41) is 11.3. The first-order chi connectivity index (χ1) is 8.34. The predicted octanol–water partition coefficient (Wildman–Crippen LogP) is 2.48. The van der Waals surface area contributed by atoms with Gasteiger partial charge in [-0.3, -0.25) is 9.78 Å². The van der Waals surface area contributed by atoms with E-state index in [9.17, 15) is 0 Å². The molecule has 0 aliphatic rings. The van der Waals surface area contributed by atoms with Crippen molar-refractivity contribution in [1.82, 2.24) is 20.0 Å². The van der Waals surface area contributed by atoms with Crippen molar-refractivity contribution in [3.8, 4) is 22.5 Å². The second-order valence-electron chi connectivity index (χ2n) is 3.89. The van der Waals surface area contributed by atoms with Gasteiger partial charge in [0.1, 0.15) is 0 Å². The second kappa shape index (κ2) is 3.90. The summed E-state index contributed by atoms with van der Waals surface area (Å²) >= 11 is 0. The van der Waals surface area contributed by atoms with Crippen molar-refractivity contribution in [2.45, 2.75) is 0 Å². The number of hydrogen-bond donors (Lipinski definition) is 1. The van der Waals surface area contributed by atoms with E-state index in [0.717, 1.165) is 22.5 Å². The van der Waals surface area contributed by atoms with Gasteiger partial charge in [0.2, 0.25) is 0 Å². The molecule has 0 fully saturated rings. The molecule has 0 spiro atoms. The number of rotatable bonds is 2. The Labute approximate surface area is 98.9 Å². The van der Waals surface area contributed by atoms with Crippen LogP contribution in [0.1, 0.15) is 0 Å². The number of aromatic nitrogens is 4. The predicted molar refractivity (Wildman–Crippen MR) is 66.2 cm³/mol. The van der Waals surface area contributed by atoms with Crippen molar-refractivity contribution >= 4 is 0 Å². The lowest BCUT2D eigenvalue weighted by atomic mass is 10.1. The Kier molecular flexibility index (Phi) is 2.26. The molecule has 3 aromatic rings. The molecule has 0 bridgehead atoms. The fourth-order valence-corrected chi connectivity index (χ4v) is 1.88. The summed E-state index contributed by atoms with van der Waals surface area (Å²) < 4.78 is 1.87. The van der Waals surface area contributed by atoms with Crippen LogP contribution in [0.2, 0.25) is 0 Å². The molecule has 84 valence electrons. The van der Waals surface area contributed by atoms with Crippen LogP contribution >= 0.6 is 0 Å². The van der Waals surface area contributed by atoms with Crippen molar-refractivity contribution < 1.29 is 0 Å². The first-order valence-corrected chi connectivity index (χ1v) is 5.43. The Hall–Kier alpha value is -2.36. The molecule has 4 nitrogen and oxygen atoms in total. The maximum atomic E-state index is 4.51. The van der Waals surface area contributed by atoms with Crippen LogP contribution in [0.5, 0.6) is 0 Å². The van der Waals surface area contributed by atoms with Crippen molar-refractivity contribution in [3.63, 3.8) is 0 Å². The average Bonchev–Trinajstić information content (AvgIpc) is 2.99. The maximum absolute atomic E-state index is 4.51. The van der Waals surface area contributed by atoms with Crippen molar-refractivity contribution in [2.75, 3.05) is 0 Å². The molecule has 0 aliphatic heterocycles. The van der Waals surface area contributed by atoms with Crippen LogP contribution in [0.4, 0.5) is 0 Å². The Morgan fingerprint density at radius 1 is 1.12 bits per heavy atom. The molecule has 0 unspecified atom stereocenters. The summed E-state index contributed by atoms with van der Waals surface area (Å²) in [5.41, 5.74) is 4.20. The van der Waals surface area contributed by atoms with E-state index >= 15 is 0 Å². The van der Waals surface area contributed by atoms with E-state index in [2.05, 4.69) is 33.5 Å². The topological polar surface area (TPSA) is 46.5 Å². The van der Waals surface area contributed by atoms with Gasteiger partial charge >= 0.3 is 0 Å². The van der Waals surface area contributed by atoms with Crippen LogP contribution in [0.15, 0.2) is 48.8 Å². The van der Waals surface area contributed by atoms with E-state index in [4.69, 9.17) is 0 Å². The van der Waals surface area contributed by atoms with Crippen molar-refractivity contribution in [2.24, 2.45) is 7.05 Å². The van der Waals surface area contributed by atoms with Gasteiger partial charge in [0, 0.05) is 24.4 Å². The van der Waals surface area contributed by atoms with Gasteiger partial charge in [0.15, 0.2) is 0 Å². The van der Waals surface area contributed by atoms with E-state index < -0.39 is 0 Å². The fourth-order valence-electron chi connectivity index (χ4n) is 1.88. The van der Waals surface area contributed by atoms with Crippen LogP contribution in [0.25, 0.3) is 22.5 Å². The third-order valence-corrected chi connectivity index (χ3v) is 2.74. The third kappa shape index (κ3) is 1.73. The van der Waals surface area contributed by atoms with E-state index in [-0.39, 0.29) is 0 Å². The maximum Gasteiger partial charge on any atom is 0.0929 e. The van der Waals surface area contributed by atoms with Gasteiger partial charge in [0.25, 0.3) is 0 Å². The highest BCUT2D eigenvalue weighted by Gasteiger charge is 2.09. The number of aromatic amines is 1. The van der Waals surface area contributed by atoms with Crippen molar-refractivity contribution in [1.29, 1.82) is 0 Å². The number of hydrogen-bond acceptors (Lipinski definition) is 2. The summed E-state index contributed by atoms with van der Waals surface area (Å²) in [7, 11) is 1.94. The minimum Gasteiger partial charge on any atom is -0.285 e. The highest BCUT2D eigenvalue weighted by Crippen LogP contribution is 2.24. The second-order valence-corrected chi connectivity index (χ2v) is 3.89. The molecule has 0 radical (unpaired) electrons. The van der Waals surface area contributed by atoms with Gasteiger partial charge in [-0.15, -0.1) is 0 Å². The molecular formula is C13H12N4. The zero-order valence-corrected chi connectivity index (χ0v) is 9.46. The number of benzene rings is 1. The zero-order chi connectivity index (χ0) is 11.7. The molecule has 0 saturated heterocycles. The summed E-state index contributed by atoms with van der Waals surface area (Å²) in [5.74, 6) is 0. The monoisotopic (exact) mass is 224 g/mol. The summed E-state index contributed by atoms with van der Waals surface area (Å²) in [6.45, 7) is 0. The number of nitrogens with one attached hydrogen (secondary N) is 1. The Morgan fingerprint density at radius 3 is 2.65 bits per heavy atom. The average molecular weight is 224 g/mol. The van der Waals surface area contributed by atoms with Gasteiger partial charge in [-0.2, -0.15) is 10.2 Å². The van der Waals surface area contributed by atoms with Crippen molar-refractivity contribution in [3.05, 3.63) is 48.8 Å². The normalized spacial score (nSPS) is 10.6. The molecule has 0 aliphatic carbocycles. The molecule has 2 aromatic heterocycles. The zero-order valence-electron chi connectivity index (χ0n) is 9.46. The minimum absolute atomic E-state index is 0.976. The Bertz CT molecular complexity index is 608.